The monoisotopic (exact) mass is 464 g/mol. The van der Waals surface area contributed by atoms with Crippen LogP contribution < -0.4 is 10.3 Å². The van der Waals surface area contributed by atoms with Gasteiger partial charge in [0.25, 0.3) is 0 Å². The maximum absolute atomic E-state index is 15.2. The number of pyridine rings is 1. The smallest absolute Gasteiger partial charge is 0.341 e. The van der Waals surface area contributed by atoms with Crippen molar-refractivity contribution in [3.63, 3.8) is 0 Å². The van der Waals surface area contributed by atoms with Crippen molar-refractivity contribution in [2.45, 2.75) is 50.7 Å². The number of carbonyl (C=O) groups is 1. The molecule has 9 heteroatoms. The summed E-state index contributed by atoms with van der Waals surface area (Å²) in [5.41, 5.74) is -0.753. The van der Waals surface area contributed by atoms with Crippen LogP contribution in [0, 0.1) is 17.2 Å². The standard InChI is InChI=1S/C23H26ClFN2O5/c24-18-19-14(21(30)15(22(31)32)10-27(19)13-1-2-13)7-16(25)20(18)26-6-3-12(9-26)17(29)8-23(11-28)4-5-23/h7,10,12-13,17,28-29H,1-6,8-9,11H2,(H,31,32). The van der Waals surface area contributed by atoms with E-state index in [4.69, 9.17) is 11.6 Å². The van der Waals surface area contributed by atoms with Crippen molar-refractivity contribution in [3.8, 4) is 0 Å². The summed E-state index contributed by atoms with van der Waals surface area (Å²) in [6.45, 7) is 1.01. The third-order valence-corrected chi connectivity index (χ3v) is 7.73. The maximum Gasteiger partial charge on any atom is 0.341 e. The normalized spacial score (nSPS) is 23.0. The van der Waals surface area contributed by atoms with Crippen LogP contribution in [-0.2, 0) is 0 Å². The molecule has 1 saturated heterocycles. The molecule has 3 fully saturated rings. The molecule has 2 unspecified atom stereocenters. The zero-order valence-corrected chi connectivity index (χ0v) is 18.3. The second-order valence-electron chi connectivity index (χ2n) is 9.66. The Morgan fingerprint density at radius 2 is 2.03 bits per heavy atom. The number of anilines is 1. The van der Waals surface area contributed by atoms with Gasteiger partial charge in [-0.1, -0.05) is 11.6 Å². The topological polar surface area (TPSA) is 103 Å². The van der Waals surface area contributed by atoms with Crippen molar-refractivity contribution >= 4 is 34.2 Å². The lowest BCUT2D eigenvalue weighted by Crippen LogP contribution is -2.29. The van der Waals surface area contributed by atoms with E-state index in [2.05, 4.69) is 0 Å². The third-order valence-electron chi connectivity index (χ3n) is 7.37. The first-order valence-corrected chi connectivity index (χ1v) is 11.5. The van der Waals surface area contributed by atoms with Gasteiger partial charge < -0.3 is 24.8 Å². The summed E-state index contributed by atoms with van der Waals surface area (Å²) in [6.07, 6.45) is 5.45. The Labute approximate surface area is 189 Å². The molecule has 32 heavy (non-hydrogen) atoms. The first-order valence-electron chi connectivity index (χ1n) is 11.1. The molecule has 2 aromatic rings. The van der Waals surface area contributed by atoms with E-state index in [1.54, 1.807) is 9.47 Å². The molecule has 2 saturated carbocycles. The van der Waals surface area contributed by atoms with Gasteiger partial charge in [0.15, 0.2) is 0 Å². The molecular formula is C23H26ClFN2O5. The number of hydrogen-bond acceptors (Lipinski definition) is 5. The number of carboxylic acids is 1. The van der Waals surface area contributed by atoms with E-state index >= 15 is 4.39 Å². The summed E-state index contributed by atoms with van der Waals surface area (Å²) in [7, 11) is 0. The van der Waals surface area contributed by atoms with Crippen molar-refractivity contribution in [1.29, 1.82) is 0 Å². The molecule has 3 aliphatic rings. The average molecular weight is 465 g/mol. The Morgan fingerprint density at radius 1 is 1.31 bits per heavy atom. The molecule has 0 radical (unpaired) electrons. The lowest BCUT2D eigenvalue weighted by atomic mass is 9.90. The van der Waals surface area contributed by atoms with Crippen molar-refractivity contribution in [3.05, 3.63) is 38.9 Å². The molecule has 1 aromatic carbocycles. The molecule has 1 aliphatic heterocycles. The van der Waals surface area contributed by atoms with Gasteiger partial charge in [-0.25, -0.2) is 9.18 Å². The highest BCUT2D eigenvalue weighted by atomic mass is 35.5. The predicted octanol–water partition coefficient (Wildman–Crippen LogP) is 3.18. The molecule has 2 atom stereocenters. The van der Waals surface area contributed by atoms with E-state index < -0.39 is 28.9 Å². The number of nitrogens with zero attached hydrogens (tertiary/aromatic N) is 2. The molecule has 0 spiro atoms. The molecule has 5 rings (SSSR count). The van der Waals surface area contributed by atoms with Crippen LogP contribution in [0.1, 0.15) is 54.9 Å². The summed E-state index contributed by atoms with van der Waals surface area (Å²) < 4.78 is 16.9. The van der Waals surface area contributed by atoms with Crippen LogP contribution in [0.15, 0.2) is 17.1 Å². The summed E-state index contributed by atoms with van der Waals surface area (Å²) in [4.78, 5) is 26.1. The zero-order valence-electron chi connectivity index (χ0n) is 17.6. The highest BCUT2D eigenvalue weighted by molar-refractivity contribution is 6.38. The number of benzene rings is 1. The van der Waals surface area contributed by atoms with E-state index in [9.17, 15) is 24.9 Å². The molecule has 2 aliphatic carbocycles. The Kier molecular flexibility index (Phi) is 5.22. The highest BCUT2D eigenvalue weighted by Gasteiger charge is 2.45. The summed E-state index contributed by atoms with van der Waals surface area (Å²) in [5.74, 6) is -2.08. The number of halogens is 2. The van der Waals surface area contributed by atoms with Crippen molar-refractivity contribution in [1.82, 2.24) is 4.57 Å². The molecule has 1 aromatic heterocycles. The number of rotatable bonds is 7. The number of aromatic nitrogens is 1. The second kappa shape index (κ2) is 7.71. The fourth-order valence-corrected chi connectivity index (χ4v) is 5.44. The third kappa shape index (κ3) is 3.58. The minimum absolute atomic E-state index is 0.0301. The van der Waals surface area contributed by atoms with Crippen LogP contribution in [0.5, 0.6) is 0 Å². The zero-order chi connectivity index (χ0) is 22.8. The van der Waals surface area contributed by atoms with E-state index in [0.29, 0.717) is 31.4 Å². The Morgan fingerprint density at radius 3 is 2.62 bits per heavy atom. The SMILES string of the molecule is O=C(O)c1cn(C2CC2)c2c(Cl)c(N3CCC(C(O)CC4(CO)CC4)C3)c(F)cc2c1=O. The number of fused-ring (bicyclic) bond motifs is 1. The van der Waals surface area contributed by atoms with Gasteiger partial charge in [0, 0.05) is 37.9 Å². The van der Waals surface area contributed by atoms with Gasteiger partial charge in [0.2, 0.25) is 5.43 Å². The lowest BCUT2D eigenvalue weighted by Gasteiger charge is -2.25. The highest BCUT2D eigenvalue weighted by Crippen LogP contribution is 2.50. The Balaban J connectivity index is 1.51. The largest absolute Gasteiger partial charge is 0.477 e. The molecule has 2 heterocycles. The van der Waals surface area contributed by atoms with Gasteiger partial charge in [-0.05, 0) is 50.0 Å². The van der Waals surface area contributed by atoms with Crippen molar-refractivity contribution in [2.75, 3.05) is 24.6 Å². The summed E-state index contributed by atoms with van der Waals surface area (Å²) in [6, 6.07) is 1.13. The van der Waals surface area contributed by atoms with Gasteiger partial charge in [-0.2, -0.15) is 0 Å². The first kappa shape index (κ1) is 21.7. The van der Waals surface area contributed by atoms with E-state index in [0.717, 1.165) is 31.7 Å². The molecular weight excluding hydrogens is 439 g/mol. The van der Waals surface area contributed by atoms with Gasteiger partial charge >= 0.3 is 5.97 Å². The quantitative estimate of drug-likeness (QED) is 0.581. The van der Waals surface area contributed by atoms with Crippen molar-refractivity contribution in [2.24, 2.45) is 11.3 Å². The fraction of sp³-hybridized carbons (Fsp3) is 0.565. The molecule has 0 bridgehead atoms. The lowest BCUT2D eigenvalue weighted by molar-refractivity contribution is 0.0671. The number of hydrogen-bond donors (Lipinski definition) is 3. The molecule has 7 nitrogen and oxygen atoms in total. The van der Waals surface area contributed by atoms with Crippen molar-refractivity contribution < 1.29 is 24.5 Å². The van der Waals surface area contributed by atoms with Crippen LogP contribution in [0.3, 0.4) is 0 Å². The number of aromatic carboxylic acids is 1. The van der Waals surface area contributed by atoms with Gasteiger partial charge in [0.1, 0.15) is 11.4 Å². The summed E-state index contributed by atoms with van der Waals surface area (Å²) in [5, 5.41) is 29.7. The fourth-order valence-electron chi connectivity index (χ4n) is 5.03. The number of aliphatic hydroxyl groups excluding tert-OH is 2. The van der Waals surface area contributed by atoms with Crippen LogP contribution in [0.2, 0.25) is 5.02 Å². The predicted molar refractivity (Wildman–Crippen MR) is 118 cm³/mol. The van der Waals surface area contributed by atoms with Crippen LogP contribution in [-0.4, -0.2) is 51.7 Å². The Hall–Kier alpha value is -2.16. The van der Waals surface area contributed by atoms with Crippen LogP contribution in [0.25, 0.3) is 10.9 Å². The Bertz CT molecular complexity index is 1160. The minimum Gasteiger partial charge on any atom is -0.477 e. The number of carboxylic acid groups (broad SMARTS) is 1. The molecule has 172 valence electrons. The average Bonchev–Trinajstić information content (AvgIpc) is 3.68. The summed E-state index contributed by atoms with van der Waals surface area (Å²) >= 11 is 6.69. The van der Waals surface area contributed by atoms with E-state index in [-0.39, 0.29) is 40.1 Å². The van der Waals surface area contributed by atoms with Gasteiger partial charge in [-0.15, -0.1) is 0 Å². The van der Waals surface area contributed by atoms with Gasteiger partial charge in [0.05, 0.1) is 27.7 Å². The second-order valence-corrected chi connectivity index (χ2v) is 10.0. The maximum atomic E-state index is 15.2. The van der Waals surface area contributed by atoms with Crippen LogP contribution >= 0.6 is 11.6 Å². The van der Waals surface area contributed by atoms with Crippen LogP contribution in [0.4, 0.5) is 10.1 Å². The molecule has 3 N–H and O–H groups in total. The van der Waals surface area contributed by atoms with E-state index in [1.165, 1.54) is 6.20 Å². The minimum atomic E-state index is -1.35. The molecule has 0 amide bonds. The van der Waals surface area contributed by atoms with E-state index in [1.807, 2.05) is 0 Å². The van der Waals surface area contributed by atoms with Gasteiger partial charge in [-0.3, -0.25) is 4.79 Å². The number of aliphatic hydroxyl groups is 2. The first-order chi connectivity index (χ1) is 15.2.